The molecule has 0 aromatic rings. The standard InChI is InChI=1S/C29H51N/c1-7-18-30-23-14-16-28(5)22(19-23)12-13-24-26(28)15-17-29(6)25(21(4)27(24)29)11-9-8-10-20(2)3/h12,20-21,23-27,30H,7-11,13-19H2,1-6H3. The van der Waals surface area contributed by atoms with E-state index in [1.165, 1.54) is 77.2 Å². The molecule has 4 aliphatic carbocycles. The van der Waals surface area contributed by atoms with Crippen molar-refractivity contribution in [3.05, 3.63) is 11.6 Å². The van der Waals surface area contributed by atoms with Crippen LogP contribution in [-0.4, -0.2) is 12.6 Å². The third-order valence-corrected chi connectivity index (χ3v) is 10.7. The van der Waals surface area contributed by atoms with E-state index in [1.54, 1.807) is 0 Å². The molecule has 172 valence electrons. The lowest BCUT2D eigenvalue weighted by Gasteiger charge is -2.69. The van der Waals surface area contributed by atoms with E-state index in [9.17, 15) is 0 Å². The summed E-state index contributed by atoms with van der Waals surface area (Å²) in [6.07, 6.45) is 18.4. The van der Waals surface area contributed by atoms with E-state index in [-0.39, 0.29) is 0 Å². The van der Waals surface area contributed by atoms with Crippen molar-refractivity contribution in [2.24, 2.45) is 46.3 Å². The second kappa shape index (κ2) is 8.92. The lowest BCUT2D eigenvalue weighted by molar-refractivity contribution is -0.195. The topological polar surface area (TPSA) is 12.0 Å². The van der Waals surface area contributed by atoms with Gasteiger partial charge in [-0.1, -0.05) is 72.5 Å². The monoisotopic (exact) mass is 413 g/mol. The minimum absolute atomic E-state index is 0.511. The van der Waals surface area contributed by atoms with Gasteiger partial charge in [0.15, 0.2) is 0 Å². The number of rotatable bonds is 8. The Morgan fingerprint density at radius 3 is 2.67 bits per heavy atom. The predicted molar refractivity (Wildman–Crippen MR) is 131 cm³/mol. The fourth-order valence-corrected chi connectivity index (χ4v) is 9.13. The number of unbranched alkanes of at least 4 members (excludes halogenated alkanes) is 1. The molecule has 3 saturated carbocycles. The van der Waals surface area contributed by atoms with E-state index in [1.807, 2.05) is 5.57 Å². The summed E-state index contributed by atoms with van der Waals surface area (Å²) in [6, 6.07) is 0.743. The van der Waals surface area contributed by atoms with Crippen molar-refractivity contribution in [3.63, 3.8) is 0 Å². The van der Waals surface area contributed by atoms with Crippen LogP contribution >= 0.6 is 0 Å². The lowest BCUT2D eigenvalue weighted by Crippen LogP contribution is -2.63. The molecule has 30 heavy (non-hydrogen) atoms. The Hall–Kier alpha value is -0.300. The minimum atomic E-state index is 0.511. The SMILES string of the molecule is CCCNC1CCC2(C)C(=CCC3C2CCC2(C)C(CCCCC(C)C)C(C)C32)C1. The molecule has 4 aliphatic rings. The van der Waals surface area contributed by atoms with Crippen LogP contribution in [-0.2, 0) is 0 Å². The maximum Gasteiger partial charge on any atom is 0.0105 e. The van der Waals surface area contributed by atoms with Crippen LogP contribution in [0.3, 0.4) is 0 Å². The van der Waals surface area contributed by atoms with Gasteiger partial charge < -0.3 is 5.32 Å². The number of allylic oxidation sites excluding steroid dienone is 1. The predicted octanol–water partition coefficient (Wildman–Crippen LogP) is 8.01. The van der Waals surface area contributed by atoms with Crippen molar-refractivity contribution in [2.45, 2.75) is 118 Å². The van der Waals surface area contributed by atoms with Crippen LogP contribution in [0.15, 0.2) is 11.6 Å². The van der Waals surface area contributed by atoms with E-state index in [0.29, 0.717) is 10.8 Å². The Morgan fingerprint density at radius 1 is 1.13 bits per heavy atom. The second-order valence-electron chi connectivity index (χ2n) is 12.8. The highest BCUT2D eigenvalue weighted by atomic mass is 14.9. The quantitative estimate of drug-likeness (QED) is 0.314. The van der Waals surface area contributed by atoms with E-state index >= 15 is 0 Å². The number of nitrogens with one attached hydrogen (secondary N) is 1. The van der Waals surface area contributed by atoms with Gasteiger partial charge in [-0.3, -0.25) is 0 Å². The van der Waals surface area contributed by atoms with Gasteiger partial charge in [-0.2, -0.15) is 0 Å². The van der Waals surface area contributed by atoms with E-state index in [4.69, 9.17) is 0 Å². The molecule has 0 aromatic carbocycles. The summed E-state index contributed by atoms with van der Waals surface area (Å²) in [6.45, 7) is 16.2. The normalized spacial score (nSPS) is 45.2. The minimum Gasteiger partial charge on any atom is -0.314 e. The maximum atomic E-state index is 3.83. The number of hydrogen-bond acceptors (Lipinski definition) is 1. The molecule has 0 amide bonds. The second-order valence-corrected chi connectivity index (χ2v) is 12.8. The smallest absolute Gasteiger partial charge is 0.0105 e. The summed E-state index contributed by atoms with van der Waals surface area (Å²) in [4.78, 5) is 0. The summed E-state index contributed by atoms with van der Waals surface area (Å²) in [7, 11) is 0. The van der Waals surface area contributed by atoms with Crippen molar-refractivity contribution >= 4 is 0 Å². The van der Waals surface area contributed by atoms with Gasteiger partial charge in [-0.05, 0) is 104 Å². The summed E-state index contributed by atoms with van der Waals surface area (Å²) >= 11 is 0. The van der Waals surface area contributed by atoms with Crippen molar-refractivity contribution < 1.29 is 0 Å². The highest BCUT2D eigenvalue weighted by Gasteiger charge is 2.64. The Labute approximate surface area is 188 Å². The van der Waals surface area contributed by atoms with Crippen molar-refractivity contribution in [3.8, 4) is 0 Å². The Bertz CT molecular complexity index is 620. The van der Waals surface area contributed by atoms with Gasteiger partial charge in [0.2, 0.25) is 0 Å². The van der Waals surface area contributed by atoms with E-state index in [0.717, 1.165) is 41.5 Å². The molecule has 0 radical (unpaired) electrons. The number of fused-ring (bicyclic) bond motifs is 5. The van der Waals surface area contributed by atoms with Crippen LogP contribution in [0.4, 0.5) is 0 Å². The Balaban J connectivity index is 1.42. The molecule has 4 rings (SSSR count). The highest BCUT2D eigenvalue weighted by Crippen LogP contribution is 2.71. The van der Waals surface area contributed by atoms with Gasteiger partial charge >= 0.3 is 0 Å². The summed E-state index contributed by atoms with van der Waals surface area (Å²) < 4.78 is 0. The third-order valence-electron chi connectivity index (χ3n) is 10.7. The van der Waals surface area contributed by atoms with E-state index < -0.39 is 0 Å². The molecule has 1 heteroatoms. The van der Waals surface area contributed by atoms with Crippen LogP contribution in [0.1, 0.15) is 112 Å². The fraction of sp³-hybridized carbons (Fsp3) is 0.931. The molecular formula is C29H51N. The molecule has 0 bridgehead atoms. The van der Waals surface area contributed by atoms with Crippen LogP contribution in [0.25, 0.3) is 0 Å². The zero-order chi connectivity index (χ0) is 21.5. The highest BCUT2D eigenvalue weighted by molar-refractivity contribution is 5.27. The molecular weight excluding hydrogens is 362 g/mol. The molecule has 0 saturated heterocycles. The Morgan fingerprint density at radius 2 is 1.93 bits per heavy atom. The van der Waals surface area contributed by atoms with Crippen LogP contribution in [0.5, 0.6) is 0 Å². The molecule has 0 spiro atoms. The fourth-order valence-electron chi connectivity index (χ4n) is 9.13. The van der Waals surface area contributed by atoms with Gasteiger partial charge in [0.05, 0.1) is 0 Å². The molecule has 3 fully saturated rings. The van der Waals surface area contributed by atoms with Gasteiger partial charge in [0.1, 0.15) is 0 Å². The molecule has 1 nitrogen and oxygen atoms in total. The summed E-state index contributed by atoms with van der Waals surface area (Å²) in [5, 5.41) is 3.83. The lowest BCUT2D eigenvalue weighted by atomic mass is 9.35. The maximum absolute atomic E-state index is 3.83. The van der Waals surface area contributed by atoms with Crippen molar-refractivity contribution in [1.29, 1.82) is 0 Å². The number of hydrogen-bond donors (Lipinski definition) is 1. The zero-order valence-corrected chi connectivity index (χ0v) is 21.1. The average Bonchev–Trinajstić information content (AvgIpc) is 2.71. The first-order valence-corrected chi connectivity index (χ1v) is 13.7. The first-order valence-electron chi connectivity index (χ1n) is 13.7. The average molecular weight is 414 g/mol. The van der Waals surface area contributed by atoms with Crippen molar-refractivity contribution in [1.82, 2.24) is 5.32 Å². The molecule has 8 unspecified atom stereocenters. The van der Waals surface area contributed by atoms with Crippen molar-refractivity contribution in [2.75, 3.05) is 6.54 Å². The van der Waals surface area contributed by atoms with Crippen LogP contribution in [0, 0.1) is 46.3 Å². The third kappa shape index (κ3) is 3.84. The molecule has 0 heterocycles. The molecule has 0 aromatic heterocycles. The first kappa shape index (κ1) is 22.9. The van der Waals surface area contributed by atoms with Gasteiger partial charge in [-0.25, -0.2) is 0 Å². The first-order chi connectivity index (χ1) is 14.3. The largest absolute Gasteiger partial charge is 0.314 e. The zero-order valence-electron chi connectivity index (χ0n) is 21.1. The van der Waals surface area contributed by atoms with E-state index in [2.05, 4.69) is 52.9 Å². The van der Waals surface area contributed by atoms with Gasteiger partial charge in [-0.15, -0.1) is 0 Å². The molecule has 0 aliphatic heterocycles. The van der Waals surface area contributed by atoms with Gasteiger partial charge in [0.25, 0.3) is 0 Å². The van der Waals surface area contributed by atoms with Crippen LogP contribution < -0.4 is 5.32 Å². The molecule has 1 N–H and O–H groups in total. The summed E-state index contributed by atoms with van der Waals surface area (Å²) in [5.74, 6) is 5.77. The summed E-state index contributed by atoms with van der Waals surface area (Å²) in [5.41, 5.74) is 3.00. The molecule has 8 atom stereocenters. The van der Waals surface area contributed by atoms with Gasteiger partial charge in [0, 0.05) is 6.04 Å². The Kier molecular flexibility index (Phi) is 6.80. The van der Waals surface area contributed by atoms with Crippen LogP contribution in [0.2, 0.25) is 0 Å².